The minimum Gasteiger partial charge on any atom is -0.907 e. The van der Waals surface area contributed by atoms with Gasteiger partial charge in [-0.25, -0.2) is 0 Å². The van der Waals surface area contributed by atoms with Crippen molar-refractivity contribution in [2.45, 2.75) is 0 Å². The Kier molecular flexibility index (Phi) is 122. The second kappa shape index (κ2) is 36.1. The molecule has 0 amide bonds. The summed E-state index contributed by atoms with van der Waals surface area (Å²) in [5, 5.41) is 50.5. The van der Waals surface area contributed by atoms with Crippen LogP contribution < -0.4 is 30.1 Å². The van der Waals surface area contributed by atoms with E-state index < -0.39 is 14.6 Å². The molecule has 13 heteroatoms. The van der Waals surface area contributed by atoms with Gasteiger partial charge in [0.05, 0.1) is 0 Å². The maximum Gasteiger partial charge on any atom is 2.00 e. The first-order chi connectivity index (χ1) is 3.46. The molecular formula is H4B2Ca3O8. The zero-order valence-corrected chi connectivity index (χ0v) is 13.4. The van der Waals surface area contributed by atoms with Crippen LogP contribution >= 0.6 is 0 Å². The van der Waals surface area contributed by atoms with Gasteiger partial charge in [-0.2, -0.15) is 0 Å². The van der Waals surface area contributed by atoms with Gasteiger partial charge in [-0.05, 0) is 0 Å². The van der Waals surface area contributed by atoms with Gasteiger partial charge in [0, 0.05) is 0 Å². The third-order valence-electron chi connectivity index (χ3n) is 0. The molecule has 0 bridgehead atoms. The Hall–Kier alpha value is 3.59. The summed E-state index contributed by atoms with van der Waals surface area (Å²) >= 11 is 0. The van der Waals surface area contributed by atoms with Gasteiger partial charge in [0.2, 0.25) is 0 Å². The van der Waals surface area contributed by atoms with Crippen molar-refractivity contribution < 1.29 is 41.1 Å². The second-order valence-electron chi connectivity index (χ2n) is 0.577. The van der Waals surface area contributed by atoms with Crippen LogP contribution in [-0.2, 0) is 0 Å². The molecule has 0 heterocycles. The van der Waals surface area contributed by atoms with Crippen LogP contribution in [0.15, 0.2) is 0 Å². The average molecular weight is 274 g/mol. The van der Waals surface area contributed by atoms with Crippen LogP contribution in [0, 0.1) is 0 Å². The molecule has 4 N–H and O–H groups in total. The van der Waals surface area contributed by atoms with Crippen LogP contribution in [0.2, 0.25) is 0 Å². The van der Waals surface area contributed by atoms with Gasteiger partial charge < -0.3 is 41.1 Å². The molecule has 0 aliphatic carbocycles. The second-order valence-corrected chi connectivity index (χ2v) is 0.577. The van der Waals surface area contributed by atoms with E-state index in [0.717, 1.165) is 0 Å². The van der Waals surface area contributed by atoms with Crippen molar-refractivity contribution in [2.24, 2.45) is 0 Å². The molecule has 0 aromatic rings. The Morgan fingerprint density at radius 2 is 0.462 bits per heavy atom. The summed E-state index contributed by atoms with van der Waals surface area (Å²) in [5.41, 5.74) is 0. The van der Waals surface area contributed by atoms with Gasteiger partial charge in [-0.15, -0.1) is 0 Å². The third-order valence-corrected chi connectivity index (χ3v) is 0. The first-order valence-electron chi connectivity index (χ1n) is 1.41. The molecule has 0 atom stereocenters. The Labute approximate surface area is 165 Å². The zero-order valence-electron chi connectivity index (χ0n) is 6.73. The molecule has 0 unspecified atom stereocenters. The smallest absolute Gasteiger partial charge is 0.907 e. The van der Waals surface area contributed by atoms with E-state index >= 15 is 0 Å². The summed E-state index contributed by atoms with van der Waals surface area (Å²) < 4.78 is 0. The minimum absolute atomic E-state index is 0. The fourth-order valence-electron chi connectivity index (χ4n) is 0. The van der Waals surface area contributed by atoms with E-state index in [1.54, 1.807) is 0 Å². The molecule has 0 aromatic carbocycles. The van der Waals surface area contributed by atoms with Crippen LogP contribution in [0.1, 0.15) is 0 Å². The predicted molar refractivity (Wildman–Crippen MR) is 36.0 cm³/mol. The average Bonchev–Trinajstić information content (AvgIpc) is 1.25. The van der Waals surface area contributed by atoms with Gasteiger partial charge in [0.25, 0.3) is 0 Å². The standard InChI is InChI=1S/2BO3.3Ca.2H2O/c2*2-1(3)4;;;;;/h;;;;;2*1H2/q2*-3;3*+2;;. The minimum atomic E-state index is -2.92. The monoisotopic (exact) mass is 274 g/mol. The Bertz CT molecular complexity index is 32.9. The molecule has 0 aromatic heterocycles. The van der Waals surface area contributed by atoms with Crippen LogP contribution in [0.3, 0.4) is 0 Å². The molecule has 13 heavy (non-hydrogen) atoms. The van der Waals surface area contributed by atoms with Crippen LogP contribution in [0.4, 0.5) is 0 Å². The summed E-state index contributed by atoms with van der Waals surface area (Å²) in [6, 6.07) is 0. The normalized spacial score (nSPS) is 4.15. The van der Waals surface area contributed by atoms with Crippen molar-refractivity contribution in [3.63, 3.8) is 0 Å². The number of hydrogen-bond donors (Lipinski definition) is 0. The van der Waals surface area contributed by atoms with E-state index in [2.05, 4.69) is 0 Å². The van der Waals surface area contributed by atoms with E-state index in [1.165, 1.54) is 0 Å². The number of rotatable bonds is 0. The zero-order chi connectivity index (χ0) is 7.15. The maximum absolute atomic E-state index is 8.42. The first kappa shape index (κ1) is 43.8. The summed E-state index contributed by atoms with van der Waals surface area (Å²) in [7, 11) is -5.83. The maximum atomic E-state index is 8.42. The summed E-state index contributed by atoms with van der Waals surface area (Å²) in [6.07, 6.45) is 0. The van der Waals surface area contributed by atoms with Crippen molar-refractivity contribution in [1.29, 1.82) is 0 Å². The fourth-order valence-corrected chi connectivity index (χ4v) is 0. The van der Waals surface area contributed by atoms with Gasteiger partial charge in [-0.3, -0.25) is 14.6 Å². The van der Waals surface area contributed by atoms with E-state index in [1.807, 2.05) is 0 Å². The topological polar surface area (TPSA) is 201 Å². The van der Waals surface area contributed by atoms with E-state index in [9.17, 15) is 0 Å². The number of hydrogen-bond acceptors (Lipinski definition) is 6. The van der Waals surface area contributed by atoms with Crippen molar-refractivity contribution >= 4 is 128 Å². The molecule has 0 saturated heterocycles. The summed E-state index contributed by atoms with van der Waals surface area (Å²) in [6.45, 7) is 0. The van der Waals surface area contributed by atoms with Crippen LogP contribution in [0.25, 0.3) is 0 Å². The molecule has 0 aliphatic heterocycles. The van der Waals surface area contributed by atoms with E-state index in [4.69, 9.17) is 30.1 Å². The molecule has 0 aliphatic rings. The van der Waals surface area contributed by atoms with Crippen molar-refractivity contribution in [1.82, 2.24) is 0 Å². The third kappa shape index (κ3) is 223. The molecule has 8 nitrogen and oxygen atoms in total. The summed E-state index contributed by atoms with van der Waals surface area (Å²) in [4.78, 5) is 0. The first-order valence-corrected chi connectivity index (χ1v) is 1.41. The molecule has 0 saturated carbocycles. The van der Waals surface area contributed by atoms with Gasteiger partial charge in [0.1, 0.15) is 0 Å². The summed E-state index contributed by atoms with van der Waals surface area (Å²) in [5.74, 6) is 0. The molecule has 0 spiro atoms. The Balaban J connectivity index is -0.00000000800. The van der Waals surface area contributed by atoms with Crippen LogP contribution in [-0.4, -0.2) is 139 Å². The van der Waals surface area contributed by atoms with Crippen molar-refractivity contribution in [2.75, 3.05) is 0 Å². The van der Waals surface area contributed by atoms with Crippen LogP contribution in [0.5, 0.6) is 0 Å². The van der Waals surface area contributed by atoms with Crippen molar-refractivity contribution in [3.8, 4) is 0 Å². The predicted octanol–water partition coefficient (Wildman–Crippen LogP) is -10.7. The Morgan fingerprint density at radius 3 is 0.462 bits per heavy atom. The van der Waals surface area contributed by atoms with Gasteiger partial charge >= 0.3 is 113 Å². The largest absolute Gasteiger partial charge is 2.00 e. The van der Waals surface area contributed by atoms with E-state index in [0.29, 0.717) is 0 Å². The molecule has 0 fully saturated rings. The van der Waals surface area contributed by atoms with Crippen molar-refractivity contribution in [3.05, 3.63) is 0 Å². The molecule has 0 rings (SSSR count). The van der Waals surface area contributed by atoms with Gasteiger partial charge in [-0.1, -0.05) is 0 Å². The SMILES string of the molecule is O.O.[Ca+2].[Ca+2].[Ca+2].[O-]B([O-])[O-].[O-]B([O-])[O-]. The molecule has 64 valence electrons. The van der Waals surface area contributed by atoms with Gasteiger partial charge in [0.15, 0.2) is 0 Å². The Morgan fingerprint density at radius 1 is 0.462 bits per heavy atom. The molecular weight excluding hydrogens is 270 g/mol. The van der Waals surface area contributed by atoms with E-state index in [-0.39, 0.29) is 124 Å². The molecule has 0 radical (unpaired) electrons. The quantitative estimate of drug-likeness (QED) is 0.392. The fraction of sp³-hybridized carbons (Fsp3) is 0.